The Labute approximate surface area is 151 Å². The highest BCUT2D eigenvalue weighted by Crippen LogP contribution is 2.25. The molecule has 0 fully saturated rings. The van der Waals surface area contributed by atoms with Gasteiger partial charge in [0.15, 0.2) is 9.84 Å². The van der Waals surface area contributed by atoms with E-state index in [4.69, 9.17) is 4.74 Å². The Balaban J connectivity index is 2.18. The van der Waals surface area contributed by atoms with Gasteiger partial charge in [-0.15, -0.1) is 0 Å². The van der Waals surface area contributed by atoms with E-state index < -0.39 is 27.2 Å². The number of ether oxygens (including phenoxy) is 1. The van der Waals surface area contributed by atoms with Gasteiger partial charge in [-0.2, -0.15) is 0 Å². The van der Waals surface area contributed by atoms with Crippen molar-refractivity contribution in [1.29, 1.82) is 0 Å². The van der Waals surface area contributed by atoms with Gasteiger partial charge < -0.3 is 15.2 Å². The van der Waals surface area contributed by atoms with Crippen molar-refractivity contribution in [2.45, 2.75) is 17.4 Å². The molecule has 2 aromatic carbocycles. The monoisotopic (exact) mass is 381 g/mol. The summed E-state index contributed by atoms with van der Waals surface area (Å²) < 4.78 is 41.7. The zero-order chi connectivity index (χ0) is 19.5. The highest BCUT2D eigenvalue weighted by atomic mass is 32.2. The lowest BCUT2D eigenvalue weighted by atomic mass is 9.96. The number of carbonyl (C=O) groups is 1. The fourth-order valence-electron chi connectivity index (χ4n) is 2.37. The summed E-state index contributed by atoms with van der Waals surface area (Å²) >= 11 is 0. The van der Waals surface area contributed by atoms with Gasteiger partial charge in [0.2, 0.25) is 0 Å². The quantitative estimate of drug-likeness (QED) is 0.797. The van der Waals surface area contributed by atoms with Gasteiger partial charge in [-0.3, -0.25) is 4.79 Å². The summed E-state index contributed by atoms with van der Waals surface area (Å²) in [5.41, 5.74) is -0.873. The molecule has 0 saturated carbocycles. The maximum Gasteiger partial charge on any atom is 0.251 e. The number of amides is 1. The topological polar surface area (TPSA) is 92.7 Å². The summed E-state index contributed by atoms with van der Waals surface area (Å²) in [6.45, 7) is 1.34. The fraction of sp³-hybridized carbons (Fsp3) is 0.278. The third kappa shape index (κ3) is 4.59. The Morgan fingerprint density at radius 1 is 1.23 bits per heavy atom. The molecule has 0 heterocycles. The molecule has 140 valence electrons. The van der Waals surface area contributed by atoms with Crippen molar-refractivity contribution in [3.05, 3.63) is 59.4 Å². The lowest BCUT2D eigenvalue weighted by Gasteiger charge is -2.24. The van der Waals surface area contributed by atoms with Crippen molar-refractivity contribution in [2.75, 3.05) is 19.9 Å². The molecule has 2 rings (SSSR count). The van der Waals surface area contributed by atoms with Crippen LogP contribution in [0.3, 0.4) is 0 Å². The van der Waals surface area contributed by atoms with Crippen LogP contribution in [0.15, 0.2) is 47.4 Å². The molecule has 0 saturated heterocycles. The van der Waals surface area contributed by atoms with Gasteiger partial charge in [-0.25, -0.2) is 12.8 Å². The average molecular weight is 381 g/mol. The molecule has 1 atom stereocenters. The zero-order valence-electron chi connectivity index (χ0n) is 14.6. The first-order valence-electron chi connectivity index (χ1n) is 7.69. The molecule has 0 aromatic heterocycles. The van der Waals surface area contributed by atoms with Crippen LogP contribution < -0.4 is 10.1 Å². The summed E-state index contributed by atoms with van der Waals surface area (Å²) in [6.07, 6.45) is 1.02. The first kappa shape index (κ1) is 19.9. The Bertz CT molecular complexity index is 908. The van der Waals surface area contributed by atoms with E-state index in [1.807, 2.05) is 0 Å². The minimum absolute atomic E-state index is 0.0991. The SMILES string of the molecule is COc1ccc(C(=O)NCC(C)(O)c2ccc(F)cc2)cc1S(C)(=O)=O. The third-order valence-corrected chi connectivity index (χ3v) is 5.00. The van der Waals surface area contributed by atoms with Crippen LogP contribution >= 0.6 is 0 Å². The van der Waals surface area contributed by atoms with E-state index in [0.717, 1.165) is 6.26 Å². The molecule has 2 aromatic rings. The molecule has 0 aliphatic carbocycles. The van der Waals surface area contributed by atoms with Gasteiger partial charge in [-0.1, -0.05) is 12.1 Å². The van der Waals surface area contributed by atoms with Crippen LogP contribution in [0.1, 0.15) is 22.8 Å². The average Bonchev–Trinajstić information content (AvgIpc) is 2.58. The van der Waals surface area contributed by atoms with E-state index in [0.29, 0.717) is 5.56 Å². The van der Waals surface area contributed by atoms with Crippen LogP contribution in [0.5, 0.6) is 5.75 Å². The summed E-state index contributed by atoms with van der Waals surface area (Å²) in [5, 5.41) is 13.0. The van der Waals surface area contributed by atoms with E-state index in [-0.39, 0.29) is 22.8 Å². The molecule has 2 N–H and O–H groups in total. The van der Waals surface area contributed by atoms with Gasteiger partial charge >= 0.3 is 0 Å². The molecule has 1 unspecified atom stereocenters. The van der Waals surface area contributed by atoms with Crippen LogP contribution in [-0.2, 0) is 15.4 Å². The Hall–Kier alpha value is -2.45. The normalized spacial score (nSPS) is 13.7. The molecule has 0 aliphatic rings. The fourth-order valence-corrected chi connectivity index (χ4v) is 3.23. The van der Waals surface area contributed by atoms with Crippen molar-refractivity contribution in [3.8, 4) is 5.75 Å². The maximum absolute atomic E-state index is 13.0. The molecule has 0 aliphatic heterocycles. The van der Waals surface area contributed by atoms with Gasteiger partial charge in [0.25, 0.3) is 5.91 Å². The highest BCUT2D eigenvalue weighted by Gasteiger charge is 2.25. The van der Waals surface area contributed by atoms with Gasteiger partial charge in [0.1, 0.15) is 22.1 Å². The molecule has 0 spiro atoms. The number of hydrogen-bond donors (Lipinski definition) is 2. The second kappa shape index (κ2) is 7.43. The number of benzene rings is 2. The van der Waals surface area contributed by atoms with Gasteiger partial charge in [0, 0.05) is 11.8 Å². The zero-order valence-corrected chi connectivity index (χ0v) is 15.4. The van der Waals surface area contributed by atoms with Crippen LogP contribution in [-0.4, -0.2) is 39.3 Å². The maximum atomic E-state index is 13.0. The molecule has 8 heteroatoms. The standard InChI is InChI=1S/C18H20FNO5S/c1-18(22,13-5-7-14(19)8-6-13)11-20-17(21)12-4-9-15(25-2)16(10-12)26(3,23)24/h4-10,22H,11H2,1-3H3,(H,20,21). The number of methoxy groups -OCH3 is 1. The first-order chi connectivity index (χ1) is 12.0. The van der Waals surface area contributed by atoms with Crippen molar-refractivity contribution in [1.82, 2.24) is 5.32 Å². The van der Waals surface area contributed by atoms with E-state index in [1.165, 1.54) is 56.5 Å². The number of aliphatic hydroxyl groups is 1. The van der Waals surface area contributed by atoms with Gasteiger partial charge in [0.05, 0.1) is 13.7 Å². The van der Waals surface area contributed by atoms with E-state index in [1.54, 1.807) is 0 Å². The molecule has 1 amide bonds. The Kier molecular flexibility index (Phi) is 5.68. The van der Waals surface area contributed by atoms with Crippen molar-refractivity contribution in [3.63, 3.8) is 0 Å². The first-order valence-corrected chi connectivity index (χ1v) is 9.58. The molecule has 6 nitrogen and oxygen atoms in total. The lowest BCUT2D eigenvalue weighted by Crippen LogP contribution is -2.38. The third-order valence-electron chi connectivity index (χ3n) is 3.88. The van der Waals surface area contributed by atoms with E-state index >= 15 is 0 Å². The van der Waals surface area contributed by atoms with Crippen molar-refractivity contribution >= 4 is 15.7 Å². The molecule has 26 heavy (non-hydrogen) atoms. The predicted octanol–water partition coefficient (Wildman–Crippen LogP) is 1.88. The van der Waals surface area contributed by atoms with Crippen molar-refractivity contribution < 1.29 is 27.4 Å². The van der Waals surface area contributed by atoms with E-state index in [9.17, 15) is 22.7 Å². The molecular formula is C18H20FNO5S. The molecule has 0 radical (unpaired) electrons. The van der Waals surface area contributed by atoms with Crippen LogP contribution in [0.4, 0.5) is 4.39 Å². The smallest absolute Gasteiger partial charge is 0.251 e. The number of sulfone groups is 1. The number of rotatable bonds is 6. The van der Waals surface area contributed by atoms with Crippen LogP contribution in [0, 0.1) is 5.82 Å². The van der Waals surface area contributed by atoms with Crippen LogP contribution in [0.2, 0.25) is 0 Å². The Morgan fingerprint density at radius 3 is 2.38 bits per heavy atom. The predicted molar refractivity (Wildman–Crippen MR) is 94.4 cm³/mol. The number of hydrogen-bond acceptors (Lipinski definition) is 5. The summed E-state index contributed by atoms with van der Waals surface area (Å²) in [6, 6.07) is 9.32. The summed E-state index contributed by atoms with van der Waals surface area (Å²) in [5.74, 6) is -0.845. The summed E-state index contributed by atoms with van der Waals surface area (Å²) in [7, 11) is -2.24. The second-order valence-electron chi connectivity index (χ2n) is 6.10. The molecular weight excluding hydrogens is 361 g/mol. The van der Waals surface area contributed by atoms with E-state index in [2.05, 4.69) is 5.32 Å². The highest BCUT2D eigenvalue weighted by molar-refractivity contribution is 7.90. The minimum atomic E-state index is -3.58. The largest absolute Gasteiger partial charge is 0.495 e. The van der Waals surface area contributed by atoms with Crippen LogP contribution in [0.25, 0.3) is 0 Å². The summed E-state index contributed by atoms with van der Waals surface area (Å²) in [4.78, 5) is 12.2. The second-order valence-corrected chi connectivity index (χ2v) is 8.09. The number of nitrogens with one attached hydrogen (secondary N) is 1. The number of carbonyl (C=O) groups excluding carboxylic acids is 1. The minimum Gasteiger partial charge on any atom is -0.495 e. The number of halogens is 1. The van der Waals surface area contributed by atoms with Crippen molar-refractivity contribution in [2.24, 2.45) is 0 Å². The lowest BCUT2D eigenvalue weighted by molar-refractivity contribution is 0.0526. The Morgan fingerprint density at radius 2 is 1.85 bits per heavy atom. The van der Waals surface area contributed by atoms with Gasteiger partial charge in [-0.05, 0) is 42.8 Å². The molecule has 0 bridgehead atoms.